The lowest BCUT2D eigenvalue weighted by atomic mass is 10.2. The van der Waals surface area contributed by atoms with Gasteiger partial charge in [-0.15, -0.1) is 0 Å². The van der Waals surface area contributed by atoms with Crippen molar-refractivity contribution in [2.45, 2.75) is 6.42 Å². The maximum Gasteiger partial charge on any atom is 0.124 e. The van der Waals surface area contributed by atoms with E-state index < -0.39 is 0 Å². The van der Waals surface area contributed by atoms with Crippen LogP contribution in [-0.2, 0) is 4.79 Å². The van der Waals surface area contributed by atoms with Crippen LogP contribution in [0.3, 0.4) is 0 Å². The third kappa shape index (κ3) is 3.11. The normalized spacial score (nSPS) is 10.6. The average Bonchev–Trinajstić information content (AvgIpc) is 2.09. The van der Waals surface area contributed by atoms with Crippen molar-refractivity contribution < 1.29 is 9.18 Å². The fourth-order valence-corrected chi connectivity index (χ4v) is 1.37. The van der Waals surface area contributed by atoms with Crippen LogP contribution in [0, 0.1) is 5.82 Å². The van der Waals surface area contributed by atoms with Gasteiger partial charge in [0.25, 0.3) is 0 Å². The second kappa shape index (κ2) is 4.92. The molecule has 0 N–H and O–H groups in total. The smallest absolute Gasteiger partial charge is 0.124 e. The Morgan fingerprint density at radius 2 is 2.23 bits per heavy atom. The van der Waals surface area contributed by atoms with E-state index in [1.54, 1.807) is 18.2 Å². The van der Waals surface area contributed by atoms with E-state index in [1.165, 1.54) is 12.1 Å². The van der Waals surface area contributed by atoms with Crippen molar-refractivity contribution >= 4 is 28.3 Å². The first-order chi connectivity index (χ1) is 6.24. The molecule has 0 aromatic heterocycles. The van der Waals surface area contributed by atoms with Crippen LogP contribution in [0.5, 0.6) is 0 Å². The first-order valence-corrected chi connectivity index (χ1v) is 4.58. The lowest BCUT2D eigenvalue weighted by Gasteiger charge is -1.97. The molecule has 0 aliphatic carbocycles. The summed E-state index contributed by atoms with van der Waals surface area (Å²) in [6, 6.07) is 4.42. The quantitative estimate of drug-likeness (QED) is 0.745. The molecule has 1 rings (SSSR count). The number of benzene rings is 1. The number of carbonyl (C=O) groups excluding carboxylic acids is 1. The summed E-state index contributed by atoms with van der Waals surface area (Å²) in [6.07, 6.45) is 4.70. The minimum atomic E-state index is -0.278. The molecule has 0 fully saturated rings. The SMILES string of the molecule is O=CCC=Cc1ccc(F)cc1Br. The third-order valence-electron chi connectivity index (χ3n) is 1.49. The predicted molar refractivity (Wildman–Crippen MR) is 53.8 cm³/mol. The number of hydrogen-bond donors (Lipinski definition) is 0. The van der Waals surface area contributed by atoms with Gasteiger partial charge in [-0.3, -0.25) is 0 Å². The standard InChI is InChI=1S/C10H8BrFO/c11-10-7-9(12)5-4-8(10)3-1-2-6-13/h1,3-7H,2H2. The van der Waals surface area contributed by atoms with Crippen molar-refractivity contribution in [1.29, 1.82) is 0 Å². The van der Waals surface area contributed by atoms with Gasteiger partial charge in [0.1, 0.15) is 12.1 Å². The number of halogens is 2. The van der Waals surface area contributed by atoms with Crippen molar-refractivity contribution in [2.75, 3.05) is 0 Å². The molecule has 0 saturated carbocycles. The Morgan fingerprint density at radius 3 is 2.85 bits per heavy atom. The van der Waals surface area contributed by atoms with Crippen molar-refractivity contribution in [3.63, 3.8) is 0 Å². The van der Waals surface area contributed by atoms with Gasteiger partial charge in [0, 0.05) is 10.9 Å². The van der Waals surface area contributed by atoms with E-state index in [1.807, 2.05) is 0 Å². The van der Waals surface area contributed by atoms with Crippen molar-refractivity contribution in [3.05, 3.63) is 40.1 Å². The molecule has 0 saturated heterocycles. The first kappa shape index (κ1) is 10.1. The van der Waals surface area contributed by atoms with Gasteiger partial charge in [-0.05, 0) is 17.7 Å². The number of hydrogen-bond acceptors (Lipinski definition) is 1. The summed E-state index contributed by atoms with van der Waals surface area (Å²) < 4.78 is 13.3. The molecule has 1 nitrogen and oxygen atoms in total. The number of rotatable bonds is 3. The van der Waals surface area contributed by atoms with E-state index in [-0.39, 0.29) is 5.82 Å². The highest BCUT2D eigenvalue weighted by molar-refractivity contribution is 9.10. The second-order valence-corrected chi connectivity index (χ2v) is 3.32. The molecule has 0 bridgehead atoms. The molecule has 3 heteroatoms. The highest BCUT2D eigenvalue weighted by Gasteiger charge is 1.96. The summed E-state index contributed by atoms with van der Waals surface area (Å²) in [5, 5.41) is 0. The van der Waals surface area contributed by atoms with Gasteiger partial charge < -0.3 is 4.79 Å². The summed E-state index contributed by atoms with van der Waals surface area (Å²) in [5.41, 5.74) is 0.864. The predicted octanol–water partition coefficient (Wildman–Crippen LogP) is 3.19. The molecule has 1 aromatic rings. The molecule has 1 aromatic carbocycles. The Bertz CT molecular complexity index is 334. The molecular formula is C10H8BrFO. The Morgan fingerprint density at radius 1 is 1.46 bits per heavy atom. The van der Waals surface area contributed by atoms with E-state index in [0.717, 1.165) is 11.8 Å². The summed E-state index contributed by atoms with van der Waals surface area (Å²) in [6.45, 7) is 0. The summed E-state index contributed by atoms with van der Waals surface area (Å²) in [4.78, 5) is 10.0. The third-order valence-corrected chi connectivity index (χ3v) is 2.18. The largest absolute Gasteiger partial charge is 0.303 e. The van der Waals surface area contributed by atoms with Crippen molar-refractivity contribution in [2.24, 2.45) is 0 Å². The molecule has 0 unspecified atom stereocenters. The van der Waals surface area contributed by atoms with Gasteiger partial charge in [-0.1, -0.05) is 34.1 Å². The van der Waals surface area contributed by atoms with Gasteiger partial charge in [0.05, 0.1) is 0 Å². The monoisotopic (exact) mass is 242 g/mol. The van der Waals surface area contributed by atoms with Gasteiger partial charge in [0.15, 0.2) is 0 Å². The molecule has 0 heterocycles. The number of aldehydes is 1. The Balaban J connectivity index is 2.83. The minimum absolute atomic E-state index is 0.278. The summed E-state index contributed by atoms with van der Waals surface area (Å²) in [5.74, 6) is -0.278. The zero-order valence-corrected chi connectivity index (χ0v) is 8.42. The molecule has 0 atom stereocenters. The lowest BCUT2D eigenvalue weighted by Crippen LogP contribution is -1.78. The molecule has 13 heavy (non-hydrogen) atoms. The van der Waals surface area contributed by atoms with Gasteiger partial charge in [-0.25, -0.2) is 4.39 Å². The summed E-state index contributed by atoms with van der Waals surface area (Å²) >= 11 is 3.22. The van der Waals surface area contributed by atoms with E-state index >= 15 is 0 Å². The maximum absolute atomic E-state index is 12.6. The van der Waals surface area contributed by atoms with Gasteiger partial charge in [0.2, 0.25) is 0 Å². The van der Waals surface area contributed by atoms with Gasteiger partial charge >= 0.3 is 0 Å². The maximum atomic E-state index is 12.6. The summed E-state index contributed by atoms with van der Waals surface area (Å²) in [7, 11) is 0. The van der Waals surface area contributed by atoms with Crippen LogP contribution in [0.15, 0.2) is 28.7 Å². The lowest BCUT2D eigenvalue weighted by molar-refractivity contribution is -0.107. The average molecular weight is 243 g/mol. The highest BCUT2D eigenvalue weighted by Crippen LogP contribution is 2.19. The number of carbonyl (C=O) groups is 1. The number of allylic oxidation sites excluding steroid dienone is 1. The molecular weight excluding hydrogens is 235 g/mol. The van der Waals surface area contributed by atoms with Crippen LogP contribution in [-0.4, -0.2) is 6.29 Å². The van der Waals surface area contributed by atoms with Crippen LogP contribution >= 0.6 is 15.9 Å². The molecule has 0 radical (unpaired) electrons. The molecule has 0 spiro atoms. The van der Waals surface area contributed by atoms with Crippen LogP contribution in [0.1, 0.15) is 12.0 Å². The first-order valence-electron chi connectivity index (χ1n) is 3.79. The van der Waals surface area contributed by atoms with Crippen LogP contribution in [0.4, 0.5) is 4.39 Å². The Kier molecular flexibility index (Phi) is 3.83. The van der Waals surface area contributed by atoms with E-state index in [4.69, 9.17) is 0 Å². The van der Waals surface area contributed by atoms with Crippen LogP contribution in [0.25, 0.3) is 6.08 Å². The van der Waals surface area contributed by atoms with Crippen LogP contribution in [0.2, 0.25) is 0 Å². The highest BCUT2D eigenvalue weighted by atomic mass is 79.9. The topological polar surface area (TPSA) is 17.1 Å². The fraction of sp³-hybridized carbons (Fsp3) is 0.100. The molecule has 0 aliphatic rings. The van der Waals surface area contributed by atoms with E-state index in [0.29, 0.717) is 10.9 Å². The van der Waals surface area contributed by atoms with Crippen molar-refractivity contribution in [1.82, 2.24) is 0 Å². The van der Waals surface area contributed by atoms with Gasteiger partial charge in [-0.2, -0.15) is 0 Å². The minimum Gasteiger partial charge on any atom is -0.303 e. The molecule has 68 valence electrons. The zero-order chi connectivity index (χ0) is 9.68. The Hall–Kier alpha value is -0.960. The fourth-order valence-electron chi connectivity index (χ4n) is 0.887. The Labute approximate surface area is 84.4 Å². The molecule has 0 amide bonds. The molecule has 0 aliphatic heterocycles. The second-order valence-electron chi connectivity index (χ2n) is 2.47. The van der Waals surface area contributed by atoms with Crippen LogP contribution < -0.4 is 0 Å². The zero-order valence-electron chi connectivity index (χ0n) is 6.84. The van der Waals surface area contributed by atoms with Crippen molar-refractivity contribution in [3.8, 4) is 0 Å². The van der Waals surface area contributed by atoms with E-state index in [9.17, 15) is 9.18 Å². The van der Waals surface area contributed by atoms with E-state index in [2.05, 4.69) is 15.9 Å².